The van der Waals surface area contributed by atoms with Crippen LogP contribution >= 0.6 is 0 Å². The number of rotatable bonds is 7. The Morgan fingerprint density at radius 2 is 1.48 bits per heavy atom. The van der Waals surface area contributed by atoms with Crippen LogP contribution in [0.1, 0.15) is 69.1 Å². The van der Waals surface area contributed by atoms with Crippen molar-refractivity contribution in [2.75, 3.05) is 0 Å². The number of aliphatic hydroxyl groups excluding tert-OH is 1. The van der Waals surface area contributed by atoms with Crippen LogP contribution in [-0.4, -0.2) is 5.11 Å². The number of unbranched alkanes of at least 4 members (excludes halogenated alkanes) is 2. The lowest BCUT2D eigenvalue weighted by molar-refractivity contribution is 0.282. The predicted molar refractivity (Wildman–Crippen MR) is 97.6 cm³/mol. The summed E-state index contributed by atoms with van der Waals surface area (Å²) in [5.74, 6) is 0. The van der Waals surface area contributed by atoms with Gasteiger partial charge in [0, 0.05) is 5.41 Å². The van der Waals surface area contributed by atoms with Crippen molar-refractivity contribution in [3.05, 3.63) is 59.2 Å². The topological polar surface area (TPSA) is 20.2 Å². The minimum Gasteiger partial charge on any atom is -0.392 e. The zero-order valence-corrected chi connectivity index (χ0v) is 14.4. The zero-order chi connectivity index (χ0) is 16.3. The van der Waals surface area contributed by atoms with Gasteiger partial charge in [0.15, 0.2) is 0 Å². The SMILES string of the molecule is CCCCC1(CCCC)c2ccccc2-c2cc(CO)ccc21. The van der Waals surface area contributed by atoms with Crippen LogP contribution in [0, 0.1) is 0 Å². The summed E-state index contributed by atoms with van der Waals surface area (Å²) in [5, 5.41) is 9.53. The molecule has 0 fully saturated rings. The van der Waals surface area contributed by atoms with Crippen molar-refractivity contribution in [3.63, 3.8) is 0 Å². The van der Waals surface area contributed by atoms with E-state index in [9.17, 15) is 5.11 Å². The van der Waals surface area contributed by atoms with E-state index in [-0.39, 0.29) is 12.0 Å². The minimum absolute atomic E-state index is 0.117. The normalized spacial score (nSPS) is 14.6. The van der Waals surface area contributed by atoms with E-state index in [2.05, 4.69) is 56.3 Å². The molecule has 1 aliphatic carbocycles. The Morgan fingerprint density at radius 1 is 0.826 bits per heavy atom. The Bertz CT molecular complexity index is 663. The summed E-state index contributed by atoms with van der Waals surface area (Å²) in [7, 11) is 0. The number of hydrogen-bond donors (Lipinski definition) is 1. The monoisotopic (exact) mass is 308 g/mol. The Hall–Kier alpha value is -1.60. The van der Waals surface area contributed by atoms with Crippen molar-refractivity contribution in [3.8, 4) is 11.1 Å². The van der Waals surface area contributed by atoms with Crippen molar-refractivity contribution in [2.45, 2.75) is 64.4 Å². The van der Waals surface area contributed by atoms with Gasteiger partial charge < -0.3 is 5.11 Å². The second kappa shape index (κ2) is 6.88. The van der Waals surface area contributed by atoms with Crippen LogP contribution in [0.5, 0.6) is 0 Å². The lowest BCUT2D eigenvalue weighted by Crippen LogP contribution is -2.25. The van der Waals surface area contributed by atoms with Crippen molar-refractivity contribution >= 4 is 0 Å². The van der Waals surface area contributed by atoms with Crippen molar-refractivity contribution in [2.24, 2.45) is 0 Å². The number of fused-ring (bicyclic) bond motifs is 3. The van der Waals surface area contributed by atoms with Gasteiger partial charge >= 0.3 is 0 Å². The van der Waals surface area contributed by atoms with Gasteiger partial charge in [-0.3, -0.25) is 0 Å². The summed E-state index contributed by atoms with van der Waals surface area (Å²) in [6.45, 7) is 4.68. The van der Waals surface area contributed by atoms with E-state index in [1.54, 1.807) is 0 Å². The smallest absolute Gasteiger partial charge is 0.0682 e. The van der Waals surface area contributed by atoms with E-state index in [0.29, 0.717) is 0 Å². The third kappa shape index (κ3) is 2.72. The molecule has 23 heavy (non-hydrogen) atoms. The average Bonchev–Trinajstić information content (AvgIpc) is 2.88. The van der Waals surface area contributed by atoms with E-state index >= 15 is 0 Å². The first kappa shape index (κ1) is 16.3. The number of benzene rings is 2. The molecule has 2 aromatic rings. The fourth-order valence-corrected chi connectivity index (χ4v) is 4.23. The molecule has 0 radical (unpaired) electrons. The first-order valence-electron chi connectivity index (χ1n) is 9.11. The molecular formula is C22H28O. The highest BCUT2D eigenvalue weighted by Gasteiger charge is 2.41. The van der Waals surface area contributed by atoms with Crippen LogP contribution in [0.4, 0.5) is 0 Å². The van der Waals surface area contributed by atoms with Crippen LogP contribution < -0.4 is 0 Å². The van der Waals surface area contributed by atoms with Crippen LogP contribution in [0.2, 0.25) is 0 Å². The lowest BCUT2D eigenvalue weighted by Gasteiger charge is -2.32. The van der Waals surface area contributed by atoms with Gasteiger partial charge in [0.2, 0.25) is 0 Å². The third-order valence-electron chi connectivity index (χ3n) is 5.43. The Morgan fingerprint density at radius 3 is 2.13 bits per heavy atom. The molecule has 0 spiro atoms. The highest BCUT2D eigenvalue weighted by atomic mass is 16.3. The Labute approximate surface area is 140 Å². The molecule has 0 atom stereocenters. The molecule has 0 saturated heterocycles. The maximum absolute atomic E-state index is 9.53. The van der Waals surface area contributed by atoms with Crippen molar-refractivity contribution in [1.29, 1.82) is 0 Å². The van der Waals surface area contributed by atoms with Crippen molar-refractivity contribution in [1.82, 2.24) is 0 Å². The first-order valence-corrected chi connectivity index (χ1v) is 9.11. The van der Waals surface area contributed by atoms with Gasteiger partial charge in [0.25, 0.3) is 0 Å². The molecule has 0 unspecified atom stereocenters. The molecular weight excluding hydrogens is 280 g/mol. The molecule has 0 amide bonds. The van der Waals surface area contributed by atoms with Gasteiger partial charge in [-0.15, -0.1) is 0 Å². The molecule has 0 heterocycles. The van der Waals surface area contributed by atoms with Gasteiger partial charge in [-0.1, -0.05) is 75.9 Å². The molecule has 1 heteroatoms. The molecule has 0 saturated carbocycles. The molecule has 122 valence electrons. The fourth-order valence-electron chi connectivity index (χ4n) is 4.23. The first-order chi connectivity index (χ1) is 11.3. The Kier molecular flexibility index (Phi) is 4.87. The second-order valence-corrected chi connectivity index (χ2v) is 6.87. The summed E-state index contributed by atoms with van der Waals surface area (Å²) in [4.78, 5) is 0. The van der Waals surface area contributed by atoms with Crippen LogP contribution in [-0.2, 0) is 12.0 Å². The summed E-state index contributed by atoms with van der Waals surface area (Å²) >= 11 is 0. The quantitative estimate of drug-likeness (QED) is 0.682. The standard InChI is InChI=1S/C22H28O/c1-3-5-13-22(14-6-4-2)20-10-8-7-9-18(20)19-15-17(16-23)11-12-21(19)22/h7-12,15,23H,3-6,13-14,16H2,1-2H3. The molecule has 0 bridgehead atoms. The highest BCUT2D eigenvalue weighted by Crippen LogP contribution is 2.54. The van der Waals surface area contributed by atoms with Gasteiger partial charge in [-0.2, -0.15) is 0 Å². The molecule has 2 aromatic carbocycles. The summed E-state index contributed by atoms with van der Waals surface area (Å²) < 4.78 is 0. The second-order valence-electron chi connectivity index (χ2n) is 6.87. The largest absolute Gasteiger partial charge is 0.392 e. The van der Waals surface area contributed by atoms with E-state index < -0.39 is 0 Å². The predicted octanol–water partition coefficient (Wildman–Crippen LogP) is 5.83. The molecule has 1 N–H and O–H groups in total. The highest BCUT2D eigenvalue weighted by molar-refractivity contribution is 5.81. The number of aliphatic hydroxyl groups is 1. The minimum atomic E-state index is 0.117. The van der Waals surface area contributed by atoms with Crippen LogP contribution in [0.15, 0.2) is 42.5 Å². The number of hydrogen-bond acceptors (Lipinski definition) is 1. The van der Waals surface area contributed by atoms with Gasteiger partial charge in [0.1, 0.15) is 0 Å². The molecule has 0 aromatic heterocycles. The van der Waals surface area contributed by atoms with Crippen LogP contribution in [0.25, 0.3) is 11.1 Å². The lowest BCUT2D eigenvalue weighted by atomic mass is 9.71. The summed E-state index contributed by atoms with van der Waals surface area (Å²) in [6, 6.07) is 15.5. The summed E-state index contributed by atoms with van der Waals surface area (Å²) in [5.41, 5.74) is 6.90. The maximum Gasteiger partial charge on any atom is 0.0682 e. The average molecular weight is 308 g/mol. The zero-order valence-electron chi connectivity index (χ0n) is 14.4. The van der Waals surface area contributed by atoms with Gasteiger partial charge in [-0.05, 0) is 46.7 Å². The van der Waals surface area contributed by atoms with E-state index in [0.717, 1.165) is 5.56 Å². The Balaban J connectivity index is 2.18. The van der Waals surface area contributed by atoms with E-state index in [4.69, 9.17) is 0 Å². The van der Waals surface area contributed by atoms with E-state index in [1.807, 2.05) is 0 Å². The van der Waals surface area contributed by atoms with Gasteiger partial charge in [0.05, 0.1) is 6.61 Å². The molecule has 0 aliphatic heterocycles. The fraction of sp³-hybridized carbons (Fsp3) is 0.455. The maximum atomic E-state index is 9.53. The summed E-state index contributed by atoms with van der Waals surface area (Å²) in [6.07, 6.45) is 7.46. The molecule has 1 aliphatic rings. The molecule has 3 rings (SSSR count). The van der Waals surface area contributed by atoms with Gasteiger partial charge in [-0.25, -0.2) is 0 Å². The van der Waals surface area contributed by atoms with Crippen LogP contribution in [0.3, 0.4) is 0 Å². The van der Waals surface area contributed by atoms with E-state index in [1.165, 1.54) is 60.8 Å². The third-order valence-corrected chi connectivity index (χ3v) is 5.43. The molecule has 1 nitrogen and oxygen atoms in total. The van der Waals surface area contributed by atoms with Crippen molar-refractivity contribution < 1.29 is 5.11 Å².